The molecular formula is C6H6NSn. The van der Waals surface area contributed by atoms with Crippen molar-refractivity contribution in [1.82, 2.24) is 4.98 Å². The quantitative estimate of drug-likeness (QED) is 0.558. The maximum atomic E-state index is 4.12. The standard InChI is InChI=1S/C6H6N.Sn/c1-6-3-2-4-7-5-6;/h2-3,5H,1H3;. The fraction of sp³-hybridized carbons (Fsp3) is 0.167. The number of hydrogen-bond acceptors (Lipinski definition) is 1. The molecule has 0 fully saturated rings. The second-order valence-corrected chi connectivity index (χ2v) is 3.18. The predicted molar refractivity (Wildman–Crippen MR) is 34.4 cm³/mol. The Morgan fingerprint density at radius 3 is 2.62 bits per heavy atom. The third-order valence-corrected chi connectivity index (χ3v) is 1.76. The van der Waals surface area contributed by atoms with E-state index < -0.39 is 0 Å². The Hall–Kier alpha value is -0.0513. The van der Waals surface area contributed by atoms with Crippen LogP contribution in [-0.2, 0) is 0 Å². The minimum atomic E-state index is 1.17. The van der Waals surface area contributed by atoms with Gasteiger partial charge in [0.1, 0.15) is 0 Å². The van der Waals surface area contributed by atoms with Crippen LogP contribution in [0.1, 0.15) is 5.56 Å². The van der Waals surface area contributed by atoms with E-state index in [0.717, 1.165) is 0 Å². The van der Waals surface area contributed by atoms with Gasteiger partial charge in [0.15, 0.2) is 0 Å². The molecule has 1 heterocycles. The van der Waals surface area contributed by atoms with E-state index in [4.69, 9.17) is 0 Å². The van der Waals surface area contributed by atoms with Crippen molar-refractivity contribution < 1.29 is 0 Å². The molecule has 0 spiro atoms. The molecule has 0 aromatic carbocycles. The van der Waals surface area contributed by atoms with Gasteiger partial charge in [-0.1, -0.05) is 0 Å². The molecule has 1 aromatic heterocycles. The number of nitrogens with zero attached hydrogens (tertiary/aromatic N) is 1. The van der Waals surface area contributed by atoms with E-state index in [-0.39, 0.29) is 0 Å². The van der Waals surface area contributed by atoms with Crippen LogP contribution >= 0.6 is 0 Å². The average molecular weight is 211 g/mol. The van der Waals surface area contributed by atoms with Crippen molar-refractivity contribution in [3.63, 3.8) is 0 Å². The maximum absolute atomic E-state index is 4.12. The van der Waals surface area contributed by atoms with Crippen LogP contribution in [-0.4, -0.2) is 27.5 Å². The number of hydrogen-bond donors (Lipinski definition) is 0. The Morgan fingerprint density at radius 1 is 1.50 bits per heavy atom. The third-order valence-electron chi connectivity index (χ3n) is 0.911. The number of rotatable bonds is 0. The summed E-state index contributed by atoms with van der Waals surface area (Å²) >= 11 is 1.39. The van der Waals surface area contributed by atoms with Gasteiger partial charge in [0.25, 0.3) is 0 Å². The first-order valence-corrected chi connectivity index (χ1v) is 3.86. The number of pyridine rings is 1. The van der Waals surface area contributed by atoms with Gasteiger partial charge in [-0.2, -0.15) is 0 Å². The molecule has 0 atom stereocenters. The van der Waals surface area contributed by atoms with Gasteiger partial charge in [0.05, 0.1) is 0 Å². The Labute approximate surface area is 62.2 Å². The molecule has 0 aliphatic carbocycles. The summed E-state index contributed by atoms with van der Waals surface area (Å²) < 4.78 is 1.17. The van der Waals surface area contributed by atoms with E-state index in [9.17, 15) is 0 Å². The Kier molecular flexibility index (Phi) is 1.89. The molecule has 39 valence electrons. The van der Waals surface area contributed by atoms with Crippen LogP contribution in [0.2, 0.25) is 0 Å². The second kappa shape index (κ2) is 2.48. The fourth-order valence-corrected chi connectivity index (χ4v) is 0.890. The predicted octanol–water partition coefficient (Wildman–Crippen LogP) is 0.184. The molecule has 1 nitrogen and oxygen atoms in total. The summed E-state index contributed by atoms with van der Waals surface area (Å²) in [6.45, 7) is 2.04. The van der Waals surface area contributed by atoms with Crippen molar-refractivity contribution in [2.24, 2.45) is 0 Å². The van der Waals surface area contributed by atoms with Crippen molar-refractivity contribution in [3.05, 3.63) is 23.9 Å². The molecule has 0 aliphatic heterocycles. The molecule has 0 bridgehead atoms. The van der Waals surface area contributed by atoms with E-state index in [0.29, 0.717) is 0 Å². The van der Waals surface area contributed by atoms with E-state index in [2.05, 4.69) is 11.1 Å². The zero-order valence-electron chi connectivity index (χ0n) is 4.68. The van der Waals surface area contributed by atoms with E-state index >= 15 is 0 Å². The van der Waals surface area contributed by atoms with Crippen molar-refractivity contribution in [3.8, 4) is 0 Å². The molecule has 0 unspecified atom stereocenters. The van der Waals surface area contributed by atoms with Crippen molar-refractivity contribution >= 4 is 26.2 Å². The van der Waals surface area contributed by atoms with Gasteiger partial charge in [-0.05, 0) is 0 Å². The van der Waals surface area contributed by atoms with Crippen molar-refractivity contribution in [2.75, 3.05) is 0 Å². The van der Waals surface area contributed by atoms with E-state index in [1.165, 1.54) is 31.8 Å². The van der Waals surface area contributed by atoms with Crippen LogP contribution in [0.25, 0.3) is 0 Å². The van der Waals surface area contributed by atoms with Gasteiger partial charge in [-0.3, -0.25) is 0 Å². The average Bonchev–Trinajstić information content (AvgIpc) is 1.77. The van der Waals surface area contributed by atoms with Gasteiger partial charge >= 0.3 is 62.0 Å². The summed E-state index contributed by atoms with van der Waals surface area (Å²) in [5, 5.41) is 0. The summed E-state index contributed by atoms with van der Waals surface area (Å²) in [4.78, 5) is 4.12. The normalized spacial score (nSPS) is 9.25. The molecule has 2 heteroatoms. The summed E-state index contributed by atoms with van der Waals surface area (Å²) in [7, 11) is 0. The second-order valence-electron chi connectivity index (χ2n) is 1.72. The zero-order valence-corrected chi connectivity index (χ0v) is 7.53. The summed E-state index contributed by atoms with van der Waals surface area (Å²) in [6, 6.07) is 4.13. The fourth-order valence-electron chi connectivity index (χ4n) is 0.468. The van der Waals surface area contributed by atoms with Gasteiger partial charge in [0, 0.05) is 0 Å². The summed E-state index contributed by atoms with van der Waals surface area (Å²) in [6.07, 6.45) is 1.89. The SMILES string of the molecule is Cc1cc[c]([Sn])nc1. The monoisotopic (exact) mass is 212 g/mol. The van der Waals surface area contributed by atoms with Gasteiger partial charge in [-0.15, -0.1) is 0 Å². The summed E-state index contributed by atoms with van der Waals surface area (Å²) in [5.41, 5.74) is 1.23. The topological polar surface area (TPSA) is 12.9 Å². The van der Waals surface area contributed by atoms with Crippen LogP contribution in [0.4, 0.5) is 0 Å². The van der Waals surface area contributed by atoms with Crippen LogP contribution in [0, 0.1) is 6.92 Å². The van der Waals surface area contributed by atoms with Crippen LogP contribution in [0.3, 0.4) is 0 Å². The first kappa shape index (κ1) is 6.07. The molecule has 0 saturated carbocycles. The first-order valence-electron chi connectivity index (χ1n) is 2.43. The van der Waals surface area contributed by atoms with Gasteiger partial charge in [-0.25, -0.2) is 0 Å². The van der Waals surface area contributed by atoms with E-state index in [1.54, 1.807) is 0 Å². The molecule has 1 aromatic rings. The molecule has 0 amide bonds. The molecule has 0 N–H and O–H groups in total. The van der Waals surface area contributed by atoms with Gasteiger partial charge < -0.3 is 0 Å². The van der Waals surface area contributed by atoms with E-state index in [1.807, 2.05) is 19.2 Å². The van der Waals surface area contributed by atoms with Crippen molar-refractivity contribution in [2.45, 2.75) is 6.92 Å². The third kappa shape index (κ3) is 1.47. The number of aryl methyl sites for hydroxylation is 1. The minimum absolute atomic E-state index is 1.17. The van der Waals surface area contributed by atoms with Gasteiger partial charge in [0.2, 0.25) is 0 Å². The van der Waals surface area contributed by atoms with Crippen LogP contribution < -0.4 is 3.71 Å². The first-order chi connectivity index (χ1) is 3.79. The number of aromatic nitrogens is 1. The Bertz CT molecular complexity index is 147. The zero-order chi connectivity index (χ0) is 5.98. The Balaban J connectivity index is 3.03. The molecule has 1 rings (SSSR count). The molecular weight excluding hydrogens is 205 g/mol. The van der Waals surface area contributed by atoms with Crippen LogP contribution in [0.15, 0.2) is 18.3 Å². The summed E-state index contributed by atoms with van der Waals surface area (Å²) in [5.74, 6) is 0. The molecule has 0 aliphatic rings. The van der Waals surface area contributed by atoms with Crippen molar-refractivity contribution in [1.29, 1.82) is 0 Å². The molecule has 3 radical (unpaired) electrons. The molecule has 0 saturated heterocycles. The Morgan fingerprint density at radius 2 is 2.25 bits per heavy atom. The molecule has 8 heavy (non-hydrogen) atoms. The van der Waals surface area contributed by atoms with Crippen LogP contribution in [0.5, 0.6) is 0 Å².